The molecular formula is C16H16BrCl2NO. The van der Waals surface area contributed by atoms with Crippen LogP contribution in [0.3, 0.4) is 0 Å². The molecule has 0 unspecified atom stereocenters. The molecular weight excluding hydrogens is 373 g/mol. The molecule has 0 amide bonds. The van der Waals surface area contributed by atoms with E-state index in [2.05, 4.69) is 21.2 Å². The molecule has 0 heterocycles. The highest BCUT2D eigenvalue weighted by molar-refractivity contribution is 9.10. The van der Waals surface area contributed by atoms with Gasteiger partial charge in [-0.3, -0.25) is 0 Å². The van der Waals surface area contributed by atoms with Crippen LogP contribution in [0.1, 0.15) is 19.4 Å². The van der Waals surface area contributed by atoms with Crippen molar-refractivity contribution in [2.45, 2.75) is 26.5 Å². The van der Waals surface area contributed by atoms with Crippen LogP contribution in [0.5, 0.6) is 5.75 Å². The lowest BCUT2D eigenvalue weighted by Crippen LogP contribution is -2.10. The second kappa shape index (κ2) is 7.39. The molecule has 0 atom stereocenters. The normalized spacial score (nSPS) is 10.8. The van der Waals surface area contributed by atoms with E-state index in [4.69, 9.17) is 27.9 Å². The summed E-state index contributed by atoms with van der Waals surface area (Å²) >= 11 is 15.7. The molecule has 0 saturated carbocycles. The van der Waals surface area contributed by atoms with Crippen LogP contribution >= 0.6 is 39.1 Å². The fraction of sp³-hybridized carbons (Fsp3) is 0.250. The van der Waals surface area contributed by atoms with Crippen molar-refractivity contribution >= 4 is 44.8 Å². The maximum absolute atomic E-state index is 6.24. The molecule has 0 aliphatic rings. The number of ether oxygens (including phenoxy) is 1. The van der Waals surface area contributed by atoms with Gasteiger partial charge in [-0.1, -0.05) is 39.1 Å². The van der Waals surface area contributed by atoms with E-state index < -0.39 is 0 Å². The van der Waals surface area contributed by atoms with Crippen LogP contribution in [0.2, 0.25) is 10.0 Å². The second-order valence-corrected chi connectivity index (χ2v) is 6.66. The first kappa shape index (κ1) is 16.5. The van der Waals surface area contributed by atoms with E-state index >= 15 is 0 Å². The Hall–Kier alpha value is -0.900. The van der Waals surface area contributed by atoms with E-state index in [0.717, 1.165) is 15.7 Å². The molecule has 21 heavy (non-hydrogen) atoms. The fourth-order valence-corrected chi connectivity index (χ4v) is 2.72. The molecule has 0 saturated heterocycles. The third-order valence-corrected chi connectivity index (χ3v) is 3.79. The van der Waals surface area contributed by atoms with Gasteiger partial charge in [0, 0.05) is 27.3 Å². The quantitative estimate of drug-likeness (QED) is 0.662. The standard InChI is InChI=1S/C16H16BrCl2NO/c1-10(2)21-16-11(7-13(18)8-15(16)19)9-20-14-5-3-12(17)4-6-14/h3-8,10,20H,9H2,1-2H3. The highest BCUT2D eigenvalue weighted by Gasteiger charge is 2.12. The van der Waals surface area contributed by atoms with Crippen molar-refractivity contribution in [2.24, 2.45) is 0 Å². The minimum atomic E-state index is 0.0510. The Morgan fingerprint density at radius 2 is 1.81 bits per heavy atom. The van der Waals surface area contributed by atoms with Gasteiger partial charge in [0.1, 0.15) is 5.75 Å². The first-order chi connectivity index (χ1) is 9.95. The molecule has 2 aromatic rings. The minimum absolute atomic E-state index is 0.0510. The minimum Gasteiger partial charge on any atom is -0.489 e. The summed E-state index contributed by atoms with van der Waals surface area (Å²) in [7, 11) is 0. The molecule has 5 heteroatoms. The van der Waals surface area contributed by atoms with Gasteiger partial charge in [-0.25, -0.2) is 0 Å². The van der Waals surface area contributed by atoms with Gasteiger partial charge in [-0.05, 0) is 50.2 Å². The Bertz CT molecular complexity index is 614. The van der Waals surface area contributed by atoms with Gasteiger partial charge >= 0.3 is 0 Å². The number of anilines is 1. The number of halogens is 3. The molecule has 0 bridgehead atoms. The van der Waals surface area contributed by atoms with Gasteiger partial charge in [0.25, 0.3) is 0 Å². The van der Waals surface area contributed by atoms with Crippen molar-refractivity contribution in [3.63, 3.8) is 0 Å². The summed E-state index contributed by atoms with van der Waals surface area (Å²) < 4.78 is 6.84. The molecule has 0 aromatic heterocycles. The molecule has 0 spiro atoms. The zero-order valence-electron chi connectivity index (χ0n) is 11.8. The molecule has 2 nitrogen and oxygen atoms in total. The van der Waals surface area contributed by atoms with E-state index in [1.54, 1.807) is 6.07 Å². The highest BCUT2D eigenvalue weighted by Crippen LogP contribution is 2.33. The average molecular weight is 389 g/mol. The van der Waals surface area contributed by atoms with Crippen LogP contribution in [0, 0.1) is 0 Å². The highest BCUT2D eigenvalue weighted by atomic mass is 79.9. The summed E-state index contributed by atoms with van der Waals surface area (Å²) in [6, 6.07) is 11.5. The molecule has 2 aromatic carbocycles. The van der Waals surface area contributed by atoms with Gasteiger partial charge in [-0.15, -0.1) is 0 Å². The predicted octanol–water partition coefficient (Wildman–Crippen LogP) is 6.16. The van der Waals surface area contributed by atoms with Crippen LogP contribution in [-0.4, -0.2) is 6.10 Å². The third kappa shape index (κ3) is 4.80. The van der Waals surface area contributed by atoms with Crippen LogP contribution in [0.15, 0.2) is 40.9 Å². The largest absolute Gasteiger partial charge is 0.489 e. The molecule has 112 valence electrons. The first-order valence-electron chi connectivity index (χ1n) is 6.59. The molecule has 0 fully saturated rings. The van der Waals surface area contributed by atoms with Gasteiger partial charge in [0.2, 0.25) is 0 Å². The summed E-state index contributed by atoms with van der Waals surface area (Å²) in [5.41, 5.74) is 1.95. The van der Waals surface area contributed by atoms with Crippen LogP contribution in [0.4, 0.5) is 5.69 Å². The summed E-state index contributed by atoms with van der Waals surface area (Å²) in [6.07, 6.45) is 0.0510. The van der Waals surface area contributed by atoms with Crippen molar-refractivity contribution in [2.75, 3.05) is 5.32 Å². The van der Waals surface area contributed by atoms with Crippen LogP contribution in [0.25, 0.3) is 0 Å². The number of hydrogen-bond acceptors (Lipinski definition) is 2. The fourth-order valence-electron chi connectivity index (χ4n) is 1.88. The van der Waals surface area contributed by atoms with Crippen molar-refractivity contribution < 1.29 is 4.74 Å². The SMILES string of the molecule is CC(C)Oc1c(Cl)cc(Cl)cc1CNc1ccc(Br)cc1. The Morgan fingerprint density at radius 1 is 1.14 bits per heavy atom. The summed E-state index contributed by atoms with van der Waals surface area (Å²) in [5, 5.41) is 4.47. The van der Waals surface area contributed by atoms with Gasteiger partial charge in [-0.2, -0.15) is 0 Å². The average Bonchev–Trinajstić information content (AvgIpc) is 2.41. The molecule has 0 aliphatic carbocycles. The van der Waals surface area contributed by atoms with Gasteiger partial charge in [0.15, 0.2) is 0 Å². The lowest BCUT2D eigenvalue weighted by Gasteiger charge is -2.17. The summed E-state index contributed by atoms with van der Waals surface area (Å²) in [6.45, 7) is 4.53. The van der Waals surface area contributed by atoms with E-state index in [0.29, 0.717) is 22.3 Å². The van der Waals surface area contributed by atoms with E-state index in [1.165, 1.54) is 0 Å². The second-order valence-electron chi connectivity index (χ2n) is 4.90. The Balaban J connectivity index is 2.19. The van der Waals surface area contributed by atoms with Gasteiger partial charge in [0.05, 0.1) is 11.1 Å². The molecule has 2 rings (SSSR count). The van der Waals surface area contributed by atoms with Crippen LogP contribution in [-0.2, 0) is 6.54 Å². The topological polar surface area (TPSA) is 21.3 Å². The molecule has 0 radical (unpaired) electrons. The smallest absolute Gasteiger partial charge is 0.143 e. The third-order valence-electron chi connectivity index (χ3n) is 2.77. The van der Waals surface area contributed by atoms with E-state index in [9.17, 15) is 0 Å². The molecule has 0 aliphatic heterocycles. The number of benzene rings is 2. The summed E-state index contributed by atoms with van der Waals surface area (Å²) in [5.74, 6) is 0.681. The van der Waals surface area contributed by atoms with Crippen molar-refractivity contribution in [3.05, 3.63) is 56.5 Å². The zero-order valence-corrected chi connectivity index (χ0v) is 14.9. The number of nitrogens with one attached hydrogen (secondary N) is 1. The number of rotatable bonds is 5. The van der Waals surface area contributed by atoms with Crippen LogP contribution < -0.4 is 10.1 Å². The van der Waals surface area contributed by atoms with Gasteiger partial charge < -0.3 is 10.1 Å². The lowest BCUT2D eigenvalue weighted by molar-refractivity contribution is 0.240. The van der Waals surface area contributed by atoms with E-state index in [1.807, 2.05) is 44.2 Å². The van der Waals surface area contributed by atoms with E-state index in [-0.39, 0.29) is 6.10 Å². The monoisotopic (exact) mass is 387 g/mol. The summed E-state index contributed by atoms with van der Waals surface area (Å²) in [4.78, 5) is 0. The first-order valence-corrected chi connectivity index (χ1v) is 8.14. The maximum Gasteiger partial charge on any atom is 0.143 e. The zero-order chi connectivity index (χ0) is 15.4. The Morgan fingerprint density at radius 3 is 2.43 bits per heavy atom. The van der Waals surface area contributed by atoms with Crippen molar-refractivity contribution in [1.29, 1.82) is 0 Å². The Labute approximate surface area is 143 Å². The maximum atomic E-state index is 6.24. The molecule has 1 N–H and O–H groups in total. The Kier molecular flexibility index (Phi) is 5.80. The van der Waals surface area contributed by atoms with Crippen molar-refractivity contribution in [3.8, 4) is 5.75 Å². The van der Waals surface area contributed by atoms with Crippen molar-refractivity contribution in [1.82, 2.24) is 0 Å². The lowest BCUT2D eigenvalue weighted by atomic mass is 10.2. The number of hydrogen-bond donors (Lipinski definition) is 1. The predicted molar refractivity (Wildman–Crippen MR) is 93.7 cm³/mol.